The van der Waals surface area contributed by atoms with Crippen molar-refractivity contribution in [3.63, 3.8) is 0 Å². The van der Waals surface area contributed by atoms with Gasteiger partial charge in [-0.3, -0.25) is 4.68 Å². The molecule has 0 aliphatic carbocycles. The predicted molar refractivity (Wildman–Crippen MR) is 80.7 cm³/mol. The van der Waals surface area contributed by atoms with Crippen LogP contribution in [0, 0.1) is 0 Å². The largest absolute Gasteiger partial charge is 0.270 e. The van der Waals surface area contributed by atoms with E-state index in [0.717, 1.165) is 12.8 Å². The minimum Gasteiger partial charge on any atom is -0.270 e. The van der Waals surface area contributed by atoms with E-state index >= 15 is 0 Å². The minimum atomic E-state index is -3.43. The van der Waals surface area contributed by atoms with Gasteiger partial charge in [-0.1, -0.05) is 11.6 Å². The van der Waals surface area contributed by atoms with E-state index < -0.39 is 10.0 Å². The second-order valence-corrected chi connectivity index (χ2v) is 7.45. The molecule has 0 spiro atoms. The van der Waals surface area contributed by atoms with E-state index in [1.165, 1.54) is 4.31 Å². The molecule has 112 valence electrons. The van der Waals surface area contributed by atoms with Crippen LogP contribution in [0.4, 0.5) is 0 Å². The zero-order chi connectivity index (χ0) is 14.9. The first-order valence-electron chi connectivity index (χ1n) is 6.82. The van der Waals surface area contributed by atoms with Crippen molar-refractivity contribution >= 4 is 21.6 Å². The van der Waals surface area contributed by atoms with Crippen molar-refractivity contribution in [3.8, 4) is 0 Å². The van der Waals surface area contributed by atoms with E-state index in [9.17, 15) is 8.42 Å². The van der Waals surface area contributed by atoms with Gasteiger partial charge in [0.1, 0.15) is 0 Å². The average molecular weight is 326 g/mol. The van der Waals surface area contributed by atoms with Gasteiger partial charge < -0.3 is 0 Å². The molecule has 0 unspecified atom stereocenters. The second-order valence-electron chi connectivity index (χ2n) is 5.08. The van der Waals surface area contributed by atoms with Crippen molar-refractivity contribution in [2.45, 2.75) is 23.8 Å². The molecular weight excluding hydrogens is 310 g/mol. The lowest BCUT2D eigenvalue weighted by molar-refractivity contribution is 0.261. The normalized spacial score (nSPS) is 18.0. The molecule has 0 atom stereocenters. The summed E-state index contributed by atoms with van der Waals surface area (Å²) in [5.41, 5.74) is 0. The summed E-state index contributed by atoms with van der Waals surface area (Å²) in [4.78, 5) is 0.296. The molecule has 0 amide bonds. The SMILES string of the molecule is O=S(=O)(c1ccc(Cl)cc1)N1CCC(n2cccn2)CC1. The highest BCUT2D eigenvalue weighted by Gasteiger charge is 2.29. The van der Waals surface area contributed by atoms with Crippen LogP contribution in [0.3, 0.4) is 0 Å². The van der Waals surface area contributed by atoms with Gasteiger partial charge in [0.2, 0.25) is 10.0 Å². The van der Waals surface area contributed by atoms with Gasteiger partial charge in [0.05, 0.1) is 10.9 Å². The average Bonchev–Trinajstić information content (AvgIpc) is 3.02. The van der Waals surface area contributed by atoms with Gasteiger partial charge in [-0.05, 0) is 43.2 Å². The van der Waals surface area contributed by atoms with Crippen LogP contribution in [0.2, 0.25) is 5.02 Å². The summed E-state index contributed by atoms with van der Waals surface area (Å²) in [6.07, 6.45) is 5.22. The Hall–Kier alpha value is -1.37. The number of hydrogen-bond donors (Lipinski definition) is 0. The van der Waals surface area contributed by atoms with Crippen molar-refractivity contribution in [2.75, 3.05) is 13.1 Å². The van der Waals surface area contributed by atoms with Gasteiger partial charge in [0, 0.05) is 30.5 Å². The highest BCUT2D eigenvalue weighted by Crippen LogP contribution is 2.26. The van der Waals surface area contributed by atoms with Gasteiger partial charge >= 0.3 is 0 Å². The lowest BCUT2D eigenvalue weighted by atomic mass is 10.1. The molecule has 0 N–H and O–H groups in total. The summed E-state index contributed by atoms with van der Waals surface area (Å²) >= 11 is 5.81. The third-order valence-electron chi connectivity index (χ3n) is 3.77. The number of nitrogens with zero attached hydrogens (tertiary/aromatic N) is 3. The first-order valence-corrected chi connectivity index (χ1v) is 8.64. The molecule has 7 heteroatoms. The van der Waals surface area contributed by atoms with Gasteiger partial charge in [0.25, 0.3) is 0 Å². The minimum absolute atomic E-state index is 0.275. The van der Waals surface area contributed by atoms with Crippen molar-refractivity contribution in [1.82, 2.24) is 14.1 Å². The Morgan fingerprint density at radius 3 is 2.38 bits per heavy atom. The monoisotopic (exact) mass is 325 g/mol. The Labute approximate surface area is 129 Å². The van der Waals surface area contributed by atoms with Crippen molar-refractivity contribution in [2.24, 2.45) is 0 Å². The standard InChI is InChI=1S/C14H16ClN3O2S/c15-12-2-4-14(5-3-12)21(19,20)17-10-6-13(7-11-17)18-9-1-8-16-18/h1-5,8-9,13H,6-7,10-11H2. The van der Waals surface area contributed by atoms with Crippen molar-refractivity contribution in [3.05, 3.63) is 47.7 Å². The van der Waals surface area contributed by atoms with Crippen molar-refractivity contribution < 1.29 is 8.42 Å². The highest BCUT2D eigenvalue weighted by atomic mass is 35.5. The molecule has 21 heavy (non-hydrogen) atoms. The predicted octanol–water partition coefficient (Wildman–Crippen LogP) is 2.56. The molecule has 1 aliphatic rings. The lowest BCUT2D eigenvalue weighted by Gasteiger charge is -2.31. The van der Waals surface area contributed by atoms with Crippen LogP contribution in [0.5, 0.6) is 0 Å². The van der Waals surface area contributed by atoms with E-state index in [-0.39, 0.29) is 6.04 Å². The molecule has 1 fully saturated rings. The molecule has 1 aromatic carbocycles. The Morgan fingerprint density at radius 2 is 1.81 bits per heavy atom. The van der Waals surface area contributed by atoms with E-state index in [1.54, 1.807) is 30.5 Å². The topological polar surface area (TPSA) is 55.2 Å². The molecule has 0 bridgehead atoms. The summed E-state index contributed by atoms with van der Waals surface area (Å²) in [6, 6.07) is 8.47. The maximum atomic E-state index is 12.6. The zero-order valence-electron chi connectivity index (χ0n) is 11.4. The van der Waals surface area contributed by atoms with Crippen LogP contribution in [0.25, 0.3) is 0 Å². The van der Waals surface area contributed by atoms with Gasteiger partial charge in [-0.15, -0.1) is 0 Å². The van der Waals surface area contributed by atoms with E-state index in [0.29, 0.717) is 23.0 Å². The van der Waals surface area contributed by atoms with Crippen LogP contribution in [0.1, 0.15) is 18.9 Å². The smallest absolute Gasteiger partial charge is 0.243 e. The Bertz CT molecular complexity index is 690. The quantitative estimate of drug-likeness (QED) is 0.871. The van der Waals surface area contributed by atoms with Crippen LogP contribution < -0.4 is 0 Å². The maximum absolute atomic E-state index is 12.6. The highest BCUT2D eigenvalue weighted by molar-refractivity contribution is 7.89. The number of rotatable bonds is 3. The fourth-order valence-corrected chi connectivity index (χ4v) is 4.20. The second kappa shape index (κ2) is 5.79. The molecule has 0 radical (unpaired) electrons. The summed E-state index contributed by atoms with van der Waals surface area (Å²) in [5, 5.41) is 4.76. The fourth-order valence-electron chi connectivity index (χ4n) is 2.60. The first-order chi connectivity index (χ1) is 10.1. The van der Waals surface area contributed by atoms with E-state index in [2.05, 4.69) is 5.10 Å². The van der Waals surface area contributed by atoms with Crippen LogP contribution in [-0.4, -0.2) is 35.6 Å². The molecular formula is C14H16ClN3O2S. The van der Waals surface area contributed by atoms with Crippen LogP contribution in [0.15, 0.2) is 47.6 Å². The summed E-state index contributed by atoms with van der Waals surface area (Å²) < 4.78 is 28.6. The van der Waals surface area contributed by atoms with Gasteiger partial charge in [-0.25, -0.2) is 8.42 Å². The fraction of sp³-hybridized carbons (Fsp3) is 0.357. The molecule has 0 saturated carbocycles. The summed E-state index contributed by atoms with van der Waals surface area (Å²) in [5.74, 6) is 0. The molecule has 1 aliphatic heterocycles. The Balaban J connectivity index is 1.72. The number of hydrogen-bond acceptors (Lipinski definition) is 3. The van der Waals surface area contributed by atoms with Crippen LogP contribution >= 0.6 is 11.6 Å². The molecule has 3 rings (SSSR count). The van der Waals surface area contributed by atoms with Crippen LogP contribution in [-0.2, 0) is 10.0 Å². The number of benzene rings is 1. The van der Waals surface area contributed by atoms with E-state index in [4.69, 9.17) is 11.6 Å². The van der Waals surface area contributed by atoms with Gasteiger partial charge in [-0.2, -0.15) is 9.40 Å². The third-order valence-corrected chi connectivity index (χ3v) is 5.94. The molecule has 5 nitrogen and oxygen atoms in total. The van der Waals surface area contributed by atoms with E-state index in [1.807, 2.05) is 16.9 Å². The molecule has 2 aromatic rings. The van der Waals surface area contributed by atoms with Crippen molar-refractivity contribution in [1.29, 1.82) is 0 Å². The summed E-state index contributed by atoms with van der Waals surface area (Å²) in [6.45, 7) is 1.02. The molecule has 1 saturated heterocycles. The number of halogens is 1. The molecule has 1 aromatic heterocycles. The summed E-state index contributed by atoms with van der Waals surface area (Å²) in [7, 11) is -3.43. The Morgan fingerprint density at radius 1 is 1.14 bits per heavy atom. The third kappa shape index (κ3) is 2.97. The molecule has 2 heterocycles. The number of piperidine rings is 1. The Kier molecular flexibility index (Phi) is 4.01. The number of aromatic nitrogens is 2. The zero-order valence-corrected chi connectivity index (χ0v) is 13.0. The van der Waals surface area contributed by atoms with Gasteiger partial charge in [0.15, 0.2) is 0 Å². The number of sulfonamides is 1. The maximum Gasteiger partial charge on any atom is 0.243 e. The first kappa shape index (κ1) is 14.6. The lowest BCUT2D eigenvalue weighted by Crippen LogP contribution is -2.39.